The topological polar surface area (TPSA) is 110 Å². The molecule has 196 valence electrons. The maximum atomic E-state index is 13.7. The summed E-state index contributed by atoms with van der Waals surface area (Å²) in [5, 5.41) is 21.6. The van der Waals surface area contributed by atoms with Crippen LogP contribution in [0.1, 0.15) is 63.3 Å². The van der Waals surface area contributed by atoms with Gasteiger partial charge in [0.15, 0.2) is 0 Å². The van der Waals surface area contributed by atoms with Crippen molar-refractivity contribution in [2.24, 2.45) is 5.41 Å². The molecule has 2 amide bonds. The number of carbonyl (C=O) groups is 2. The monoisotopic (exact) mass is 505 g/mol. The van der Waals surface area contributed by atoms with Crippen molar-refractivity contribution in [3.8, 4) is 5.75 Å². The highest BCUT2D eigenvalue weighted by Gasteiger charge is 2.45. The van der Waals surface area contributed by atoms with Gasteiger partial charge >= 0.3 is 6.61 Å². The summed E-state index contributed by atoms with van der Waals surface area (Å²) in [6.07, 6.45) is 3.49. The number of hydrogen-bond donors (Lipinski definition) is 2. The van der Waals surface area contributed by atoms with E-state index >= 15 is 0 Å². The Bertz CT molecular complexity index is 1080. The summed E-state index contributed by atoms with van der Waals surface area (Å²) >= 11 is 0. The van der Waals surface area contributed by atoms with Crippen LogP contribution in [-0.2, 0) is 16.0 Å². The van der Waals surface area contributed by atoms with Gasteiger partial charge in [-0.25, -0.2) is 4.68 Å². The number of benzene rings is 1. The molecule has 2 N–H and O–H groups in total. The zero-order valence-corrected chi connectivity index (χ0v) is 20.7. The molecule has 1 aliphatic heterocycles. The van der Waals surface area contributed by atoms with Crippen LogP contribution in [0.2, 0.25) is 0 Å². The maximum Gasteiger partial charge on any atom is 0.387 e. The molecule has 2 unspecified atom stereocenters. The van der Waals surface area contributed by atoms with Gasteiger partial charge in [0, 0.05) is 31.6 Å². The summed E-state index contributed by atoms with van der Waals surface area (Å²) in [4.78, 5) is 28.2. The van der Waals surface area contributed by atoms with E-state index in [1.807, 2.05) is 27.0 Å². The lowest BCUT2D eigenvalue weighted by molar-refractivity contribution is -0.144. The Morgan fingerprint density at radius 3 is 2.64 bits per heavy atom. The number of nitrogens with one attached hydrogen (secondary N) is 1. The normalized spacial score (nSPS) is 21.0. The van der Waals surface area contributed by atoms with Crippen LogP contribution >= 0.6 is 0 Å². The molecule has 9 nitrogen and oxygen atoms in total. The van der Waals surface area contributed by atoms with Gasteiger partial charge in [-0.05, 0) is 36.3 Å². The largest absolute Gasteiger partial charge is 0.435 e. The molecule has 2 aromatic rings. The van der Waals surface area contributed by atoms with Crippen LogP contribution in [0.5, 0.6) is 5.75 Å². The molecule has 0 bridgehead atoms. The number of ether oxygens (including phenoxy) is 1. The quantitative estimate of drug-likeness (QED) is 0.542. The van der Waals surface area contributed by atoms with Gasteiger partial charge in [-0.15, -0.1) is 5.10 Å². The van der Waals surface area contributed by atoms with Gasteiger partial charge in [0.2, 0.25) is 11.8 Å². The average Bonchev–Trinajstić information content (AvgIpc) is 3.40. The summed E-state index contributed by atoms with van der Waals surface area (Å²) in [5.41, 5.74) is 0.876. The van der Waals surface area contributed by atoms with Crippen molar-refractivity contribution in [3.05, 3.63) is 41.7 Å². The summed E-state index contributed by atoms with van der Waals surface area (Å²) < 4.78 is 31.4. The highest BCUT2D eigenvalue weighted by atomic mass is 19.3. The number of amides is 2. The fourth-order valence-corrected chi connectivity index (χ4v) is 4.69. The number of aliphatic hydroxyl groups excluding tert-OH is 1. The molecule has 3 atom stereocenters. The van der Waals surface area contributed by atoms with Crippen LogP contribution in [-0.4, -0.2) is 68.7 Å². The SMILES string of the molecule is CC(C)(C)[C@@H](C(=O)N1CC(O)CC1C(=O)NCCc1ccccc1OC(F)F)n1cc(C2CC2)nn1. The third kappa shape index (κ3) is 6.00. The Labute approximate surface area is 208 Å². The lowest BCUT2D eigenvalue weighted by Crippen LogP contribution is -2.50. The van der Waals surface area contributed by atoms with E-state index < -0.39 is 36.1 Å². The number of β-amino-alcohol motifs (C(OH)–C–C–N with tert-alkyl or cyclic N) is 1. The predicted octanol–water partition coefficient (Wildman–Crippen LogP) is 2.66. The third-order valence-corrected chi connectivity index (χ3v) is 6.59. The molecular formula is C25H33F2N5O4. The molecule has 2 fully saturated rings. The van der Waals surface area contributed by atoms with Crippen molar-refractivity contribution in [2.75, 3.05) is 13.1 Å². The van der Waals surface area contributed by atoms with Gasteiger partial charge in [0.1, 0.15) is 17.8 Å². The summed E-state index contributed by atoms with van der Waals surface area (Å²) in [6, 6.07) is 4.85. The number of nitrogens with zero attached hydrogens (tertiary/aromatic N) is 4. The van der Waals surface area contributed by atoms with Gasteiger partial charge in [0.05, 0.1) is 11.8 Å². The van der Waals surface area contributed by atoms with E-state index in [2.05, 4.69) is 20.4 Å². The minimum absolute atomic E-state index is 0.0404. The molecule has 1 aromatic carbocycles. The van der Waals surface area contributed by atoms with Crippen molar-refractivity contribution in [3.63, 3.8) is 0 Å². The summed E-state index contributed by atoms with van der Waals surface area (Å²) in [6.45, 7) is 3.03. The second kappa shape index (κ2) is 10.5. The lowest BCUT2D eigenvalue weighted by atomic mass is 9.85. The second-order valence-corrected chi connectivity index (χ2v) is 10.6. The zero-order valence-electron chi connectivity index (χ0n) is 20.7. The number of alkyl halides is 2. The van der Waals surface area contributed by atoms with Crippen molar-refractivity contribution in [1.82, 2.24) is 25.2 Å². The number of likely N-dealkylation sites (tertiary alicyclic amines) is 1. The fourth-order valence-electron chi connectivity index (χ4n) is 4.69. The van der Waals surface area contributed by atoms with Gasteiger partial charge in [-0.3, -0.25) is 9.59 Å². The Morgan fingerprint density at radius 1 is 1.25 bits per heavy atom. The molecule has 11 heteroatoms. The highest BCUT2D eigenvalue weighted by Crippen LogP contribution is 2.40. The van der Waals surface area contributed by atoms with E-state index in [1.165, 1.54) is 11.0 Å². The van der Waals surface area contributed by atoms with E-state index in [0.29, 0.717) is 11.5 Å². The van der Waals surface area contributed by atoms with Gasteiger partial charge in [-0.2, -0.15) is 8.78 Å². The standard InChI is InChI=1S/C25H33F2N5O4/c1-25(2,3)21(32-14-18(29-30-32)15-8-9-15)23(35)31-13-17(33)12-19(31)22(34)28-11-10-16-6-4-5-7-20(16)36-24(26)27/h4-7,14-15,17,19,21,24,33H,8-13H2,1-3H3,(H,28,34)/t17?,19?,21-/m1/s1. The molecule has 1 aliphatic carbocycles. The number of rotatable bonds is 9. The van der Waals surface area contributed by atoms with E-state index in [4.69, 9.17) is 0 Å². The van der Waals surface area contributed by atoms with E-state index in [-0.39, 0.29) is 37.6 Å². The number of aliphatic hydroxyl groups is 1. The first kappa shape index (κ1) is 26.0. The molecule has 36 heavy (non-hydrogen) atoms. The number of hydrogen-bond acceptors (Lipinski definition) is 6. The molecule has 1 saturated carbocycles. The van der Waals surface area contributed by atoms with Crippen molar-refractivity contribution in [2.45, 2.75) is 77.2 Å². The van der Waals surface area contributed by atoms with Gasteiger partial charge < -0.3 is 20.1 Å². The van der Waals surface area contributed by atoms with Crippen LogP contribution in [0.15, 0.2) is 30.5 Å². The zero-order chi connectivity index (χ0) is 26.0. The molecular weight excluding hydrogens is 472 g/mol. The smallest absolute Gasteiger partial charge is 0.387 e. The molecule has 2 aliphatic rings. The van der Waals surface area contributed by atoms with Crippen LogP contribution in [0.25, 0.3) is 0 Å². The number of carbonyl (C=O) groups excluding carboxylic acids is 2. The van der Waals surface area contributed by atoms with Crippen molar-refractivity contribution in [1.29, 1.82) is 0 Å². The molecule has 1 aromatic heterocycles. The first-order valence-corrected chi connectivity index (χ1v) is 12.2. The molecule has 0 radical (unpaired) electrons. The minimum atomic E-state index is -2.94. The summed E-state index contributed by atoms with van der Waals surface area (Å²) in [7, 11) is 0. The molecule has 2 heterocycles. The van der Waals surface area contributed by atoms with E-state index in [9.17, 15) is 23.5 Å². The van der Waals surface area contributed by atoms with Crippen LogP contribution < -0.4 is 10.1 Å². The summed E-state index contributed by atoms with van der Waals surface area (Å²) in [5.74, 6) is -0.265. The maximum absolute atomic E-state index is 13.7. The van der Waals surface area contributed by atoms with Gasteiger partial charge in [0.25, 0.3) is 0 Å². The second-order valence-electron chi connectivity index (χ2n) is 10.6. The van der Waals surface area contributed by atoms with E-state index in [0.717, 1.165) is 18.5 Å². The molecule has 0 spiro atoms. The number of aromatic nitrogens is 3. The third-order valence-electron chi connectivity index (χ3n) is 6.59. The van der Waals surface area contributed by atoms with Crippen molar-refractivity contribution < 1.29 is 28.2 Å². The Kier molecular flexibility index (Phi) is 7.58. The Morgan fingerprint density at radius 2 is 1.97 bits per heavy atom. The highest BCUT2D eigenvalue weighted by molar-refractivity contribution is 5.90. The fraction of sp³-hybridized carbons (Fsp3) is 0.600. The van der Waals surface area contributed by atoms with Crippen LogP contribution in [0.3, 0.4) is 0 Å². The minimum Gasteiger partial charge on any atom is -0.435 e. The molecule has 1 saturated heterocycles. The first-order valence-electron chi connectivity index (χ1n) is 12.2. The van der Waals surface area contributed by atoms with E-state index in [1.54, 1.807) is 22.9 Å². The molecule has 4 rings (SSSR count). The first-order chi connectivity index (χ1) is 17.0. The Hall–Kier alpha value is -3.08. The lowest BCUT2D eigenvalue weighted by Gasteiger charge is -2.34. The van der Waals surface area contributed by atoms with Crippen LogP contribution in [0, 0.1) is 5.41 Å². The Balaban J connectivity index is 1.44. The predicted molar refractivity (Wildman–Crippen MR) is 126 cm³/mol. The van der Waals surface area contributed by atoms with Crippen molar-refractivity contribution >= 4 is 11.8 Å². The number of para-hydroxylation sites is 1. The average molecular weight is 506 g/mol. The van der Waals surface area contributed by atoms with Gasteiger partial charge in [-0.1, -0.05) is 44.2 Å². The van der Waals surface area contributed by atoms with Crippen LogP contribution in [0.4, 0.5) is 8.78 Å². The number of halogens is 2.